The van der Waals surface area contributed by atoms with Gasteiger partial charge in [0.05, 0.1) is 13.1 Å². The van der Waals surface area contributed by atoms with Gasteiger partial charge in [-0.1, -0.05) is 18.2 Å². The van der Waals surface area contributed by atoms with E-state index >= 15 is 0 Å². The van der Waals surface area contributed by atoms with Crippen molar-refractivity contribution in [2.24, 2.45) is 0 Å². The zero-order chi connectivity index (χ0) is 11.0. The second-order valence-electron chi connectivity index (χ2n) is 3.92. The number of rotatable bonds is 2. The Labute approximate surface area is 99.0 Å². The topological polar surface area (TPSA) is 28.3 Å². The van der Waals surface area contributed by atoms with Gasteiger partial charge < -0.3 is 14.6 Å². The molecule has 0 aliphatic carbocycles. The van der Waals surface area contributed by atoms with Crippen LogP contribution in [0.3, 0.4) is 0 Å². The van der Waals surface area contributed by atoms with E-state index in [9.17, 15) is 0 Å². The molecule has 0 unspecified atom stereocenters. The summed E-state index contributed by atoms with van der Waals surface area (Å²) < 4.78 is 5.26. The second-order valence-corrected chi connectivity index (χ2v) is 4.27. The molecule has 1 aromatic carbocycles. The Hall–Kier alpha value is -1.55. The number of fused-ring (bicyclic) bond motifs is 1. The van der Waals surface area contributed by atoms with Crippen LogP contribution in [0, 0.1) is 0 Å². The summed E-state index contributed by atoms with van der Waals surface area (Å²) in [6.07, 6.45) is 0. The highest BCUT2D eigenvalue weighted by Gasteiger charge is 2.18. The molecule has 16 heavy (non-hydrogen) atoms. The van der Waals surface area contributed by atoms with Gasteiger partial charge in [0.15, 0.2) is 0 Å². The summed E-state index contributed by atoms with van der Waals surface area (Å²) >= 11 is 5.11. The smallest absolute Gasteiger partial charge is 0.259 e. The third-order valence-corrected chi connectivity index (χ3v) is 3.17. The van der Waals surface area contributed by atoms with E-state index in [1.54, 1.807) is 0 Å². The second kappa shape index (κ2) is 3.79. The third kappa shape index (κ3) is 1.65. The maximum Gasteiger partial charge on any atom is 0.259 e. The van der Waals surface area contributed by atoms with E-state index in [-0.39, 0.29) is 0 Å². The van der Waals surface area contributed by atoms with E-state index < -0.39 is 0 Å². The molecule has 1 aliphatic rings. The number of hydrogen-bond acceptors (Lipinski definition) is 2. The fourth-order valence-electron chi connectivity index (χ4n) is 1.99. The molecule has 82 valence electrons. The van der Waals surface area contributed by atoms with Gasteiger partial charge in [-0.2, -0.15) is 0 Å². The number of para-hydroxylation sites is 1. The Balaban J connectivity index is 1.86. The molecule has 4 heteroatoms. The van der Waals surface area contributed by atoms with E-state index in [0.29, 0.717) is 11.8 Å². The van der Waals surface area contributed by atoms with Crippen LogP contribution in [0.1, 0.15) is 5.69 Å². The first-order valence-corrected chi connectivity index (χ1v) is 5.72. The fraction of sp³-hybridized carbons (Fsp3) is 0.250. The summed E-state index contributed by atoms with van der Waals surface area (Å²) in [6.45, 7) is 2.39. The number of ether oxygens (including phenoxy) is 1. The molecule has 2 heterocycles. The van der Waals surface area contributed by atoms with Gasteiger partial charge in [-0.25, -0.2) is 0 Å². The molecule has 0 radical (unpaired) electrons. The number of aromatic nitrogens is 1. The normalized spacial score (nSPS) is 15.8. The Kier molecular flexibility index (Phi) is 2.29. The lowest BCUT2D eigenvalue weighted by molar-refractivity contribution is 0.360. The van der Waals surface area contributed by atoms with Gasteiger partial charge in [-0.05, 0) is 29.7 Å². The van der Waals surface area contributed by atoms with Crippen LogP contribution in [0.2, 0.25) is 0 Å². The minimum atomic E-state index is 0.610. The molecule has 1 saturated heterocycles. The zero-order valence-electron chi connectivity index (χ0n) is 8.77. The Morgan fingerprint density at radius 3 is 3.00 bits per heavy atom. The van der Waals surface area contributed by atoms with Gasteiger partial charge in [-0.15, -0.1) is 0 Å². The standard InChI is InChI=1S/C12H12N2OS/c16-12-14(5-6-15-12)8-10-7-9-3-1-2-4-11(9)13-10/h1-4,7,13H,5-6,8H2. The van der Waals surface area contributed by atoms with Crippen molar-refractivity contribution in [2.45, 2.75) is 6.54 Å². The number of thiocarbonyl (C=S) groups is 1. The molecule has 1 aromatic heterocycles. The fourth-order valence-corrected chi connectivity index (χ4v) is 2.23. The van der Waals surface area contributed by atoms with Crippen LogP contribution in [0.15, 0.2) is 30.3 Å². The van der Waals surface area contributed by atoms with Gasteiger partial charge in [0.1, 0.15) is 6.61 Å². The van der Waals surface area contributed by atoms with Crippen LogP contribution in [-0.2, 0) is 11.3 Å². The Morgan fingerprint density at radius 2 is 2.25 bits per heavy atom. The maximum atomic E-state index is 5.26. The average Bonchev–Trinajstić information content (AvgIpc) is 2.85. The number of H-pyrrole nitrogens is 1. The van der Waals surface area contributed by atoms with E-state index in [0.717, 1.165) is 13.1 Å². The first kappa shape index (κ1) is 9.66. The van der Waals surface area contributed by atoms with Crippen LogP contribution >= 0.6 is 12.2 Å². The van der Waals surface area contributed by atoms with Crippen molar-refractivity contribution in [3.8, 4) is 0 Å². The van der Waals surface area contributed by atoms with Crippen molar-refractivity contribution in [1.82, 2.24) is 9.88 Å². The van der Waals surface area contributed by atoms with Crippen molar-refractivity contribution >= 4 is 28.3 Å². The molecule has 0 bridgehead atoms. The van der Waals surface area contributed by atoms with Crippen LogP contribution < -0.4 is 0 Å². The molecular weight excluding hydrogens is 220 g/mol. The van der Waals surface area contributed by atoms with E-state index in [1.807, 2.05) is 12.1 Å². The number of nitrogens with one attached hydrogen (secondary N) is 1. The average molecular weight is 232 g/mol. The summed E-state index contributed by atoms with van der Waals surface area (Å²) in [7, 11) is 0. The SMILES string of the molecule is S=C1OCCN1Cc1cc2ccccc2[nH]1. The van der Waals surface area contributed by atoms with E-state index in [2.05, 4.69) is 28.1 Å². The maximum absolute atomic E-state index is 5.26. The number of hydrogen-bond donors (Lipinski definition) is 1. The molecule has 3 rings (SSSR count). The predicted octanol–water partition coefficient (Wildman–Crippen LogP) is 2.29. The predicted molar refractivity (Wildman–Crippen MR) is 67.3 cm³/mol. The molecule has 2 aromatic rings. The molecule has 1 aliphatic heterocycles. The van der Waals surface area contributed by atoms with Gasteiger partial charge in [0, 0.05) is 11.2 Å². The van der Waals surface area contributed by atoms with Crippen LogP contribution in [0.5, 0.6) is 0 Å². The number of benzene rings is 1. The summed E-state index contributed by atoms with van der Waals surface area (Å²) in [5.41, 5.74) is 2.34. The van der Waals surface area contributed by atoms with Crippen molar-refractivity contribution < 1.29 is 4.74 Å². The van der Waals surface area contributed by atoms with Crippen LogP contribution in [0.4, 0.5) is 0 Å². The third-order valence-electron chi connectivity index (χ3n) is 2.79. The van der Waals surface area contributed by atoms with E-state index in [1.165, 1.54) is 16.6 Å². The van der Waals surface area contributed by atoms with Crippen molar-refractivity contribution in [3.05, 3.63) is 36.0 Å². The minimum Gasteiger partial charge on any atom is -0.469 e. The molecule has 0 spiro atoms. The molecule has 1 fully saturated rings. The highest BCUT2D eigenvalue weighted by Crippen LogP contribution is 2.17. The summed E-state index contributed by atoms with van der Waals surface area (Å²) in [4.78, 5) is 5.46. The monoisotopic (exact) mass is 232 g/mol. The summed E-state index contributed by atoms with van der Waals surface area (Å²) in [6, 6.07) is 10.4. The lowest BCUT2D eigenvalue weighted by atomic mass is 10.2. The van der Waals surface area contributed by atoms with Gasteiger partial charge in [-0.3, -0.25) is 0 Å². The molecule has 0 saturated carbocycles. The molecular formula is C12H12N2OS. The van der Waals surface area contributed by atoms with Gasteiger partial charge in [0.25, 0.3) is 5.17 Å². The van der Waals surface area contributed by atoms with E-state index in [4.69, 9.17) is 17.0 Å². The minimum absolute atomic E-state index is 0.610. The highest BCUT2D eigenvalue weighted by atomic mass is 32.1. The molecule has 1 N–H and O–H groups in total. The molecule has 0 amide bonds. The number of nitrogens with zero attached hydrogens (tertiary/aromatic N) is 1. The first-order chi connectivity index (χ1) is 7.83. The van der Waals surface area contributed by atoms with Crippen molar-refractivity contribution in [1.29, 1.82) is 0 Å². The zero-order valence-corrected chi connectivity index (χ0v) is 9.59. The largest absolute Gasteiger partial charge is 0.469 e. The lowest BCUT2D eigenvalue weighted by Crippen LogP contribution is -2.23. The Morgan fingerprint density at radius 1 is 1.38 bits per heavy atom. The summed E-state index contributed by atoms with van der Waals surface area (Å²) in [5, 5.41) is 1.85. The number of aromatic amines is 1. The van der Waals surface area contributed by atoms with Gasteiger partial charge in [0.2, 0.25) is 0 Å². The molecule has 3 nitrogen and oxygen atoms in total. The van der Waals surface area contributed by atoms with Gasteiger partial charge >= 0.3 is 0 Å². The lowest BCUT2D eigenvalue weighted by Gasteiger charge is -2.12. The molecule has 0 atom stereocenters. The van der Waals surface area contributed by atoms with Crippen molar-refractivity contribution in [2.75, 3.05) is 13.2 Å². The van der Waals surface area contributed by atoms with Crippen LogP contribution in [0.25, 0.3) is 10.9 Å². The van der Waals surface area contributed by atoms with Crippen LogP contribution in [-0.4, -0.2) is 28.2 Å². The van der Waals surface area contributed by atoms with Crippen molar-refractivity contribution in [3.63, 3.8) is 0 Å². The Bertz CT molecular complexity index is 502. The highest BCUT2D eigenvalue weighted by molar-refractivity contribution is 7.80. The quantitative estimate of drug-likeness (QED) is 0.805. The summed E-state index contributed by atoms with van der Waals surface area (Å²) in [5.74, 6) is 0. The first-order valence-electron chi connectivity index (χ1n) is 5.31.